The first-order chi connectivity index (χ1) is 18.8. The molecule has 196 valence electrons. The average molecular weight is 542 g/mol. The zero-order valence-electron chi connectivity index (χ0n) is 20.5. The van der Waals surface area contributed by atoms with Crippen molar-refractivity contribution in [3.63, 3.8) is 0 Å². The predicted octanol–water partition coefficient (Wildman–Crippen LogP) is 4.29. The van der Waals surface area contributed by atoms with Gasteiger partial charge in [0, 0.05) is 34.1 Å². The first-order valence-corrected chi connectivity index (χ1v) is 13.0. The summed E-state index contributed by atoms with van der Waals surface area (Å²) in [5, 5.41) is 32.1. The smallest absolute Gasteiger partial charge is 0.335 e. The molecule has 0 aromatic heterocycles. The lowest BCUT2D eigenvalue weighted by atomic mass is 9.84. The maximum Gasteiger partial charge on any atom is 0.335 e. The molecule has 0 saturated heterocycles. The van der Waals surface area contributed by atoms with Crippen LogP contribution < -0.4 is 10.1 Å². The molecule has 0 bridgehead atoms. The number of hydrogen-bond donors (Lipinski definition) is 4. The van der Waals surface area contributed by atoms with Crippen LogP contribution in [0.4, 0.5) is 0 Å². The number of ether oxygens (including phenoxy) is 1. The summed E-state index contributed by atoms with van der Waals surface area (Å²) >= 11 is 1.08. The highest BCUT2D eigenvalue weighted by molar-refractivity contribution is 8.13. The van der Waals surface area contributed by atoms with Gasteiger partial charge in [-0.05, 0) is 41.5 Å². The van der Waals surface area contributed by atoms with Gasteiger partial charge >= 0.3 is 5.97 Å². The second kappa shape index (κ2) is 11.0. The summed E-state index contributed by atoms with van der Waals surface area (Å²) in [6.07, 6.45) is 3.83. The van der Waals surface area contributed by atoms with Crippen molar-refractivity contribution in [3.8, 4) is 11.5 Å². The average Bonchev–Trinajstić information content (AvgIpc) is 2.93. The van der Waals surface area contributed by atoms with Gasteiger partial charge in [-0.3, -0.25) is 9.59 Å². The van der Waals surface area contributed by atoms with E-state index >= 15 is 0 Å². The van der Waals surface area contributed by atoms with Gasteiger partial charge in [-0.25, -0.2) is 4.79 Å². The minimum Gasteiger partial charge on any atom is -0.508 e. The highest BCUT2D eigenvalue weighted by atomic mass is 32.2. The zero-order chi connectivity index (χ0) is 27.5. The van der Waals surface area contributed by atoms with Crippen LogP contribution >= 0.6 is 11.8 Å². The van der Waals surface area contributed by atoms with Gasteiger partial charge in [0.15, 0.2) is 0 Å². The maximum atomic E-state index is 13.4. The number of thioether (sulfide) groups is 1. The molecule has 4 N–H and O–H groups in total. The van der Waals surface area contributed by atoms with E-state index in [0.29, 0.717) is 39.5 Å². The number of phenolic OH excluding ortho intramolecular Hbond substituents is 1. The molecule has 39 heavy (non-hydrogen) atoms. The number of carboxylic acid groups (broad SMARTS) is 1. The van der Waals surface area contributed by atoms with Crippen molar-refractivity contribution in [1.82, 2.24) is 5.32 Å². The van der Waals surface area contributed by atoms with Crippen LogP contribution in [-0.4, -0.2) is 45.0 Å². The molecule has 1 atom stereocenters. The van der Waals surface area contributed by atoms with Crippen LogP contribution in [0.5, 0.6) is 11.5 Å². The van der Waals surface area contributed by atoms with Gasteiger partial charge in [0.25, 0.3) is 5.91 Å². The Labute approximate surface area is 227 Å². The second-order valence-corrected chi connectivity index (χ2v) is 9.88. The van der Waals surface area contributed by atoms with Crippen molar-refractivity contribution in [2.75, 3.05) is 6.54 Å². The fraction of sp³-hybridized carbons (Fsp3) is 0.100. The monoisotopic (exact) mass is 541 g/mol. The fourth-order valence-corrected chi connectivity index (χ4v) is 5.04. The summed E-state index contributed by atoms with van der Waals surface area (Å²) in [5.74, 6) is -0.756. The quantitative estimate of drug-likeness (QED) is 0.348. The topological polar surface area (TPSA) is 133 Å². The number of aromatic hydroxyl groups is 1. The number of aromatic carboxylic acids is 1. The van der Waals surface area contributed by atoms with E-state index in [1.165, 1.54) is 36.4 Å². The third-order valence-corrected chi connectivity index (χ3v) is 7.13. The minimum atomic E-state index is -1.21. The molecule has 1 unspecified atom stereocenters. The highest BCUT2D eigenvalue weighted by Crippen LogP contribution is 2.45. The van der Waals surface area contributed by atoms with Crippen molar-refractivity contribution in [2.24, 2.45) is 0 Å². The van der Waals surface area contributed by atoms with Crippen molar-refractivity contribution >= 4 is 34.3 Å². The summed E-state index contributed by atoms with van der Waals surface area (Å²) in [5.41, 5.74) is 3.03. The molecule has 1 aliphatic heterocycles. The van der Waals surface area contributed by atoms with Crippen LogP contribution in [0, 0.1) is 0 Å². The number of aliphatic hydroxyl groups excluding tert-OH is 1. The van der Waals surface area contributed by atoms with Crippen LogP contribution in [0.2, 0.25) is 0 Å². The molecule has 1 heterocycles. The van der Waals surface area contributed by atoms with Crippen LogP contribution in [0.25, 0.3) is 5.57 Å². The van der Waals surface area contributed by atoms with Crippen molar-refractivity contribution < 1.29 is 34.4 Å². The molecule has 8 nitrogen and oxygen atoms in total. The number of aliphatic hydroxyl groups is 1. The highest BCUT2D eigenvalue weighted by Gasteiger charge is 2.30. The number of benzene rings is 3. The Morgan fingerprint density at radius 2 is 1.74 bits per heavy atom. The maximum absolute atomic E-state index is 13.4. The number of carboxylic acids is 1. The van der Waals surface area contributed by atoms with Crippen molar-refractivity contribution in [1.29, 1.82) is 0 Å². The molecule has 3 aromatic carbocycles. The lowest BCUT2D eigenvalue weighted by molar-refractivity contribution is -0.110. The first kappa shape index (κ1) is 26.0. The van der Waals surface area contributed by atoms with E-state index in [2.05, 4.69) is 5.32 Å². The number of allylic oxidation sites excluding steroid dienone is 1. The summed E-state index contributed by atoms with van der Waals surface area (Å²) in [6.45, 7) is -0.246. The predicted molar refractivity (Wildman–Crippen MR) is 146 cm³/mol. The summed E-state index contributed by atoms with van der Waals surface area (Å²) in [4.78, 5) is 37.7. The number of carbonyl (C=O) groups excluding carboxylic acids is 2. The molecule has 1 amide bonds. The standard InChI is InChI=1S/C30H23NO7S/c32-19-7-10-22-25(13-19)38-26-14-20(33)8-11-23(26)28(22)21-9-6-18(30(36)37)12-24(21)29(35)31-15-27(34)39-16-17-4-2-1-3-5-17/h1-14,19,32-33H,15-16H2,(H,31,35)(H,36,37). The number of hydrogen-bond acceptors (Lipinski definition) is 7. The Morgan fingerprint density at radius 1 is 0.974 bits per heavy atom. The molecule has 9 heteroatoms. The van der Waals surface area contributed by atoms with E-state index in [1.54, 1.807) is 18.2 Å². The summed E-state index contributed by atoms with van der Waals surface area (Å²) in [7, 11) is 0. The Hall–Kier alpha value is -4.60. The van der Waals surface area contributed by atoms with Crippen LogP contribution in [-0.2, 0) is 10.5 Å². The van der Waals surface area contributed by atoms with E-state index in [4.69, 9.17) is 4.74 Å². The van der Waals surface area contributed by atoms with E-state index < -0.39 is 18.0 Å². The fourth-order valence-electron chi connectivity index (χ4n) is 4.35. The Morgan fingerprint density at radius 3 is 2.51 bits per heavy atom. The lowest BCUT2D eigenvalue weighted by Crippen LogP contribution is -2.29. The molecule has 3 aromatic rings. The molecule has 0 spiro atoms. The lowest BCUT2D eigenvalue weighted by Gasteiger charge is -2.28. The van der Waals surface area contributed by atoms with E-state index in [1.807, 2.05) is 30.3 Å². The number of nitrogens with one attached hydrogen (secondary N) is 1. The van der Waals surface area contributed by atoms with Gasteiger partial charge in [0.1, 0.15) is 17.3 Å². The molecule has 0 radical (unpaired) electrons. The van der Waals surface area contributed by atoms with Gasteiger partial charge < -0.3 is 25.4 Å². The Kier molecular flexibility index (Phi) is 7.36. The Balaban J connectivity index is 1.50. The summed E-state index contributed by atoms with van der Waals surface area (Å²) < 4.78 is 5.93. The number of amides is 1. The second-order valence-electron chi connectivity index (χ2n) is 8.85. The van der Waals surface area contributed by atoms with Crippen LogP contribution in [0.1, 0.15) is 37.4 Å². The molecule has 0 fully saturated rings. The van der Waals surface area contributed by atoms with Gasteiger partial charge in [0.05, 0.1) is 18.2 Å². The van der Waals surface area contributed by atoms with Crippen molar-refractivity contribution in [2.45, 2.75) is 11.9 Å². The number of rotatable bonds is 7. The largest absolute Gasteiger partial charge is 0.508 e. The normalized spacial score (nSPS) is 15.5. The van der Waals surface area contributed by atoms with Gasteiger partial charge in [-0.15, -0.1) is 0 Å². The molecular formula is C30H23NO7S. The molecule has 1 aliphatic carbocycles. The SMILES string of the molecule is O=C(CNC(=O)c1cc(C(=O)O)ccc1C1=C2C=CC(O)C=C2Oc2cc(O)ccc21)SCc1ccccc1. The van der Waals surface area contributed by atoms with E-state index in [-0.39, 0.29) is 28.5 Å². The van der Waals surface area contributed by atoms with Crippen LogP contribution in [0.15, 0.2) is 96.3 Å². The first-order valence-electron chi connectivity index (χ1n) is 12.0. The Bertz CT molecular complexity index is 1570. The molecule has 2 aliphatic rings. The third kappa shape index (κ3) is 5.64. The molecule has 5 rings (SSSR count). The number of carbonyl (C=O) groups is 3. The van der Waals surface area contributed by atoms with Gasteiger partial charge in [-0.1, -0.05) is 60.3 Å². The number of fused-ring (bicyclic) bond motifs is 2. The van der Waals surface area contributed by atoms with E-state index in [9.17, 15) is 29.7 Å². The van der Waals surface area contributed by atoms with Gasteiger partial charge in [0.2, 0.25) is 5.12 Å². The third-order valence-electron chi connectivity index (χ3n) is 6.19. The van der Waals surface area contributed by atoms with Crippen molar-refractivity contribution in [3.05, 3.63) is 124 Å². The molecular weight excluding hydrogens is 518 g/mol. The minimum absolute atomic E-state index is 0.0326. The number of phenols is 1. The zero-order valence-corrected chi connectivity index (χ0v) is 21.3. The molecule has 0 saturated carbocycles. The van der Waals surface area contributed by atoms with E-state index in [0.717, 1.165) is 17.3 Å². The van der Waals surface area contributed by atoms with Crippen LogP contribution in [0.3, 0.4) is 0 Å². The summed E-state index contributed by atoms with van der Waals surface area (Å²) in [6, 6.07) is 18.2. The van der Waals surface area contributed by atoms with Gasteiger partial charge in [-0.2, -0.15) is 0 Å².